The number of sulfonamides is 1. The Morgan fingerprint density at radius 2 is 1.73 bits per heavy atom. The number of hydrogen-bond donors (Lipinski definition) is 1. The van der Waals surface area contributed by atoms with Crippen molar-refractivity contribution in [3.05, 3.63) is 48.0 Å². The summed E-state index contributed by atoms with van der Waals surface area (Å²) in [5.41, 5.74) is 1.75. The quantitative estimate of drug-likeness (QED) is 0.377. The Kier molecular flexibility index (Phi) is 8.82. The van der Waals surface area contributed by atoms with Gasteiger partial charge in [-0.1, -0.05) is 55.7 Å². The molecule has 7 nitrogen and oxygen atoms in total. The molecule has 1 amide bonds. The van der Waals surface area contributed by atoms with Gasteiger partial charge in [0.25, 0.3) is 5.91 Å². The Hall–Kier alpha value is -2.49. The highest BCUT2D eigenvalue weighted by Crippen LogP contribution is 2.29. The second-order valence-electron chi connectivity index (χ2n) is 7.91. The first-order valence-corrected chi connectivity index (χ1v) is 13.5. The van der Waals surface area contributed by atoms with E-state index in [-0.39, 0.29) is 17.4 Å². The van der Waals surface area contributed by atoms with Gasteiger partial charge in [-0.15, -0.1) is 0 Å². The lowest BCUT2D eigenvalue weighted by molar-refractivity contribution is -0.118. The molecule has 178 valence electrons. The van der Waals surface area contributed by atoms with Crippen molar-refractivity contribution in [3.8, 4) is 5.75 Å². The van der Waals surface area contributed by atoms with Crippen molar-refractivity contribution in [1.29, 1.82) is 0 Å². The van der Waals surface area contributed by atoms with Gasteiger partial charge in [-0.05, 0) is 50.1 Å². The average molecular weight is 490 g/mol. The fourth-order valence-corrected chi connectivity index (χ4v) is 5.77. The Morgan fingerprint density at radius 1 is 1.06 bits per heavy atom. The van der Waals surface area contributed by atoms with Crippen LogP contribution in [0.4, 0.5) is 5.13 Å². The maximum absolute atomic E-state index is 13.2. The minimum Gasteiger partial charge on any atom is -0.484 e. The Bertz CT molecular complexity index is 1170. The Morgan fingerprint density at radius 3 is 2.36 bits per heavy atom. The Labute approximate surface area is 199 Å². The lowest BCUT2D eigenvalue weighted by atomic mass is 10.2. The molecule has 0 atom stereocenters. The lowest BCUT2D eigenvalue weighted by Gasteiger charge is -2.21. The van der Waals surface area contributed by atoms with Gasteiger partial charge >= 0.3 is 0 Å². The van der Waals surface area contributed by atoms with E-state index < -0.39 is 10.0 Å². The van der Waals surface area contributed by atoms with E-state index in [0.717, 1.165) is 31.2 Å². The van der Waals surface area contributed by atoms with Crippen LogP contribution in [-0.2, 0) is 14.8 Å². The van der Waals surface area contributed by atoms with E-state index in [1.54, 1.807) is 22.5 Å². The van der Waals surface area contributed by atoms with E-state index >= 15 is 0 Å². The topological polar surface area (TPSA) is 88.6 Å². The summed E-state index contributed by atoms with van der Waals surface area (Å²) in [5, 5.41) is 3.14. The van der Waals surface area contributed by atoms with Crippen molar-refractivity contribution in [3.63, 3.8) is 0 Å². The molecule has 0 aliphatic carbocycles. The number of amides is 1. The predicted molar refractivity (Wildman–Crippen MR) is 133 cm³/mol. The van der Waals surface area contributed by atoms with Crippen molar-refractivity contribution in [2.24, 2.45) is 0 Å². The van der Waals surface area contributed by atoms with E-state index in [1.165, 1.54) is 11.3 Å². The third kappa shape index (κ3) is 6.75. The van der Waals surface area contributed by atoms with Crippen LogP contribution in [0.1, 0.15) is 45.1 Å². The van der Waals surface area contributed by atoms with Crippen molar-refractivity contribution in [2.45, 2.75) is 51.3 Å². The lowest BCUT2D eigenvalue weighted by Crippen LogP contribution is -2.33. The highest BCUT2D eigenvalue weighted by Gasteiger charge is 2.24. The average Bonchev–Trinajstić information content (AvgIpc) is 3.20. The molecule has 0 spiro atoms. The normalized spacial score (nSPS) is 11.8. The third-order valence-electron chi connectivity index (χ3n) is 5.16. The molecule has 1 aromatic heterocycles. The zero-order chi connectivity index (χ0) is 23.8. The van der Waals surface area contributed by atoms with Crippen LogP contribution >= 0.6 is 11.3 Å². The number of aryl methyl sites for hydroxylation is 1. The van der Waals surface area contributed by atoms with E-state index in [9.17, 15) is 13.2 Å². The first kappa shape index (κ1) is 25.1. The molecule has 0 bridgehead atoms. The van der Waals surface area contributed by atoms with Crippen LogP contribution < -0.4 is 10.1 Å². The smallest absolute Gasteiger partial charge is 0.264 e. The number of aromatic nitrogens is 1. The number of unbranched alkanes of at least 4 members (excludes halogenated alkanes) is 2. The molecule has 33 heavy (non-hydrogen) atoms. The van der Waals surface area contributed by atoms with Crippen LogP contribution in [0, 0.1) is 6.92 Å². The standard InChI is InChI=1S/C24H31N3O4S2/c1-4-6-14-27(15-7-5-2)33(29,30)20-12-13-21-22(16-20)32-24(25-21)26-23(28)17-31-19-10-8-18(3)9-11-19/h8-13,16H,4-7,14-15,17H2,1-3H3,(H,25,26,28). The third-order valence-corrected chi connectivity index (χ3v) is 7.99. The minimum absolute atomic E-state index is 0.136. The van der Waals surface area contributed by atoms with E-state index in [4.69, 9.17) is 4.74 Å². The zero-order valence-electron chi connectivity index (χ0n) is 19.3. The Balaban J connectivity index is 1.70. The first-order valence-electron chi connectivity index (χ1n) is 11.2. The highest BCUT2D eigenvalue weighted by atomic mass is 32.2. The summed E-state index contributed by atoms with van der Waals surface area (Å²) >= 11 is 1.25. The molecule has 0 aliphatic rings. The van der Waals surface area contributed by atoms with Crippen LogP contribution in [0.2, 0.25) is 0 Å². The van der Waals surface area contributed by atoms with Gasteiger partial charge in [0.15, 0.2) is 11.7 Å². The van der Waals surface area contributed by atoms with Crippen molar-refractivity contribution >= 4 is 42.6 Å². The van der Waals surface area contributed by atoms with Crippen molar-refractivity contribution < 1.29 is 17.9 Å². The second-order valence-corrected chi connectivity index (χ2v) is 10.9. The molecule has 0 saturated carbocycles. The van der Waals surface area contributed by atoms with Gasteiger partial charge in [0.2, 0.25) is 10.0 Å². The fraction of sp³-hybridized carbons (Fsp3) is 0.417. The number of ether oxygens (including phenoxy) is 1. The summed E-state index contributed by atoms with van der Waals surface area (Å²) in [5.74, 6) is 0.290. The van der Waals surface area contributed by atoms with Crippen molar-refractivity contribution in [1.82, 2.24) is 9.29 Å². The van der Waals surface area contributed by atoms with E-state index in [0.29, 0.717) is 34.2 Å². The van der Waals surface area contributed by atoms with E-state index in [2.05, 4.69) is 24.1 Å². The maximum Gasteiger partial charge on any atom is 0.264 e. The SMILES string of the molecule is CCCCN(CCCC)S(=O)(=O)c1ccc2nc(NC(=O)COc3ccc(C)cc3)sc2c1. The van der Waals surface area contributed by atoms with Gasteiger partial charge in [-0.2, -0.15) is 4.31 Å². The molecule has 3 aromatic rings. The van der Waals surface area contributed by atoms with Crippen LogP contribution in [-0.4, -0.2) is 43.3 Å². The molecule has 2 aromatic carbocycles. The molecule has 1 heterocycles. The van der Waals surface area contributed by atoms with Crippen LogP contribution in [0.5, 0.6) is 5.75 Å². The highest BCUT2D eigenvalue weighted by molar-refractivity contribution is 7.89. The van der Waals surface area contributed by atoms with Crippen LogP contribution in [0.25, 0.3) is 10.2 Å². The summed E-state index contributed by atoms with van der Waals surface area (Å²) in [6.07, 6.45) is 3.52. The van der Waals surface area contributed by atoms with Gasteiger partial charge in [0.1, 0.15) is 5.75 Å². The molecule has 0 unspecified atom stereocenters. The molecular weight excluding hydrogens is 458 g/mol. The maximum atomic E-state index is 13.2. The number of nitrogens with one attached hydrogen (secondary N) is 1. The van der Waals surface area contributed by atoms with Crippen LogP contribution in [0.3, 0.4) is 0 Å². The number of nitrogens with zero attached hydrogens (tertiary/aromatic N) is 2. The molecule has 0 aliphatic heterocycles. The number of hydrogen-bond acceptors (Lipinski definition) is 6. The second kappa shape index (κ2) is 11.6. The van der Waals surface area contributed by atoms with Gasteiger partial charge in [0.05, 0.1) is 15.1 Å². The first-order chi connectivity index (χ1) is 15.8. The monoisotopic (exact) mass is 489 g/mol. The van der Waals surface area contributed by atoms with E-state index in [1.807, 2.05) is 31.2 Å². The van der Waals surface area contributed by atoms with Crippen molar-refractivity contribution in [2.75, 3.05) is 25.0 Å². The molecule has 3 rings (SSSR count). The molecule has 9 heteroatoms. The number of rotatable bonds is 12. The molecule has 0 radical (unpaired) electrons. The number of benzene rings is 2. The summed E-state index contributed by atoms with van der Waals surface area (Å²) in [6.45, 7) is 6.98. The predicted octanol–water partition coefficient (Wildman–Crippen LogP) is 5.21. The van der Waals surface area contributed by atoms with Crippen LogP contribution in [0.15, 0.2) is 47.4 Å². The number of fused-ring (bicyclic) bond motifs is 1. The van der Waals surface area contributed by atoms with Gasteiger partial charge in [-0.3, -0.25) is 10.1 Å². The largest absolute Gasteiger partial charge is 0.484 e. The van der Waals surface area contributed by atoms with Gasteiger partial charge in [-0.25, -0.2) is 13.4 Å². The van der Waals surface area contributed by atoms with Gasteiger partial charge in [0, 0.05) is 13.1 Å². The number of carbonyl (C=O) groups is 1. The fourth-order valence-electron chi connectivity index (χ4n) is 3.23. The summed E-state index contributed by atoms with van der Waals surface area (Å²) in [4.78, 5) is 16.9. The number of carbonyl (C=O) groups excluding carboxylic acids is 1. The minimum atomic E-state index is -3.59. The molecular formula is C24H31N3O4S2. The summed E-state index contributed by atoms with van der Waals surface area (Å²) in [6, 6.07) is 12.4. The zero-order valence-corrected chi connectivity index (χ0v) is 21.0. The summed E-state index contributed by atoms with van der Waals surface area (Å²) in [7, 11) is -3.59. The summed E-state index contributed by atoms with van der Waals surface area (Å²) < 4.78 is 34.3. The van der Waals surface area contributed by atoms with Gasteiger partial charge < -0.3 is 4.74 Å². The molecule has 0 fully saturated rings. The number of anilines is 1. The number of thiazole rings is 1. The molecule has 0 saturated heterocycles. The molecule has 1 N–H and O–H groups in total.